The maximum atomic E-state index is 14.3. The second-order valence-electron chi connectivity index (χ2n) is 12.2. The number of ether oxygens (including phenoxy) is 2. The van der Waals surface area contributed by atoms with Crippen LogP contribution in [0.2, 0.25) is 0 Å². The zero-order valence-electron chi connectivity index (χ0n) is 28.0. The molecule has 3 aromatic rings. The fourth-order valence-corrected chi connectivity index (χ4v) is 5.39. The Labute approximate surface area is 275 Å². The van der Waals surface area contributed by atoms with Crippen LogP contribution in [0.5, 0.6) is 5.75 Å². The summed E-state index contributed by atoms with van der Waals surface area (Å²) >= 11 is 0. The van der Waals surface area contributed by atoms with E-state index in [4.69, 9.17) is 14.0 Å². The molecular formula is C34H46N6O7. The Balaban J connectivity index is 1.60. The molecule has 4 atom stereocenters. The van der Waals surface area contributed by atoms with E-state index in [1.54, 1.807) is 68.0 Å². The van der Waals surface area contributed by atoms with Crippen molar-refractivity contribution in [3.8, 4) is 5.75 Å². The van der Waals surface area contributed by atoms with Crippen molar-refractivity contribution in [3.05, 3.63) is 65.3 Å². The minimum atomic E-state index is -0.542. The minimum absolute atomic E-state index is 0.195. The number of carbonyl (C=O) groups excluding carboxylic acids is 3. The molecule has 3 heterocycles. The van der Waals surface area contributed by atoms with Gasteiger partial charge >= 0.3 is 6.03 Å². The van der Waals surface area contributed by atoms with Crippen LogP contribution < -0.4 is 15.4 Å². The number of aliphatic hydroxyl groups excluding tert-OH is 1. The molecular weight excluding hydrogens is 604 g/mol. The molecule has 13 heteroatoms. The Morgan fingerprint density at radius 2 is 1.87 bits per heavy atom. The lowest BCUT2D eigenvalue weighted by molar-refractivity contribution is -0.0115. The molecule has 1 aliphatic rings. The van der Waals surface area contributed by atoms with Crippen molar-refractivity contribution < 1.29 is 33.5 Å². The average Bonchev–Trinajstić information content (AvgIpc) is 3.38. The number of urea groups is 1. The molecule has 254 valence electrons. The molecule has 4 amide bonds. The Hall–Kier alpha value is -4.49. The fraction of sp³-hybridized carbons (Fsp3) is 0.500. The number of amides is 4. The molecule has 3 N–H and O–H groups in total. The van der Waals surface area contributed by atoms with Gasteiger partial charge in [-0.3, -0.25) is 14.6 Å². The highest BCUT2D eigenvalue weighted by atomic mass is 16.5. The van der Waals surface area contributed by atoms with E-state index in [1.807, 2.05) is 13.8 Å². The van der Waals surface area contributed by atoms with E-state index in [2.05, 4.69) is 20.8 Å². The number of aromatic nitrogens is 2. The summed E-state index contributed by atoms with van der Waals surface area (Å²) in [6.45, 7) is 9.86. The SMILES string of the molecule is Cc1noc(C)c1NC(=O)N(C)C[C@@H]1OCCCC[C@H](C)Oc2ccc(NC(=O)c3ccncc3)cc2C(=O)N([C@@H](C)CO)C[C@H]1C. The number of hydrogen-bond donors (Lipinski definition) is 3. The standard InChI is InChI=1S/C34H46N6O7/c1-21-18-40(22(2)20-41)33(43)28-17-27(36-32(42)26-12-14-35-15-13-26)10-11-29(28)46-23(3)9-7-8-16-45-30(21)19-39(6)34(44)37-31-24(4)38-47-25(31)5/h10-15,17,21-23,30,41H,7-9,16,18-20H2,1-6H3,(H,36,42)(H,37,44)/t21-,22+,23+,30+/m1/s1. The van der Waals surface area contributed by atoms with E-state index in [1.165, 1.54) is 12.4 Å². The van der Waals surface area contributed by atoms with Crippen LogP contribution in [0.1, 0.15) is 72.2 Å². The first-order valence-electron chi connectivity index (χ1n) is 16.0. The van der Waals surface area contributed by atoms with Gasteiger partial charge in [0.25, 0.3) is 11.8 Å². The summed E-state index contributed by atoms with van der Waals surface area (Å²) < 4.78 is 17.8. The molecule has 0 unspecified atom stereocenters. The van der Waals surface area contributed by atoms with E-state index < -0.39 is 12.1 Å². The average molecular weight is 651 g/mol. The van der Waals surface area contributed by atoms with Crippen molar-refractivity contribution >= 4 is 29.2 Å². The zero-order chi connectivity index (χ0) is 34.1. The third-order valence-electron chi connectivity index (χ3n) is 8.32. The minimum Gasteiger partial charge on any atom is -0.490 e. The van der Waals surface area contributed by atoms with Gasteiger partial charge in [-0.05, 0) is 77.3 Å². The summed E-state index contributed by atoms with van der Waals surface area (Å²) in [6, 6.07) is 7.34. The summed E-state index contributed by atoms with van der Waals surface area (Å²) in [7, 11) is 1.69. The number of likely N-dealkylation sites (N-methyl/N-ethyl adjacent to an activating group) is 1. The number of hydrogen-bond acceptors (Lipinski definition) is 9. The summed E-state index contributed by atoms with van der Waals surface area (Å²) in [6.07, 6.45) is 4.81. The van der Waals surface area contributed by atoms with E-state index in [0.717, 1.165) is 19.3 Å². The van der Waals surface area contributed by atoms with Crippen LogP contribution in [0.3, 0.4) is 0 Å². The van der Waals surface area contributed by atoms with Gasteiger partial charge in [0.15, 0.2) is 5.76 Å². The molecule has 13 nitrogen and oxygen atoms in total. The van der Waals surface area contributed by atoms with Gasteiger partial charge in [0, 0.05) is 56.3 Å². The maximum Gasteiger partial charge on any atom is 0.321 e. The third kappa shape index (κ3) is 9.29. The lowest BCUT2D eigenvalue weighted by atomic mass is 10.0. The highest BCUT2D eigenvalue weighted by molar-refractivity contribution is 6.05. The molecule has 4 rings (SSSR count). The van der Waals surface area contributed by atoms with E-state index >= 15 is 0 Å². The molecule has 0 saturated carbocycles. The Kier molecular flexibility index (Phi) is 12.3. The summed E-state index contributed by atoms with van der Waals surface area (Å²) in [5.74, 6) is -0.0268. The van der Waals surface area contributed by atoms with Crippen LogP contribution in [0.15, 0.2) is 47.2 Å². The molecule has 0 bridgehead atoms. The smallest absolute Gasteiger partial charge is 0.321 e. The predicted molar refractivity (Wildman–Crippen MR) is 177 cm³/mol. The van der Waals surface area contributed by atoms with Crippen molar-refractivity contribution in [3.63, 3.8) is 0 Å². The lowest BCUT2D eigenvalue weighted by Crippen LogP contribution is -2.48. The highest BCUT2D eigenvalue weighted by Crippen LogP contribution is 2.29. The second-order valence-corrected chi connectivity index (χ2v) is 12.2. The third-order valence-corrected chi connectivity index (χ3v) is 8.32. The number of pyridine rings is 1. The van der Waals surface area contributed by atoms with Gasteiger partial charge in [0.1, 0.15) is 17.1 Å². The number of rotatable bonds is 7. The van der Waals surface area contributed by atoms with Gasteiger partial charge < -0.3 is 39.5 Å². The number of anilines is 2. The van der Waals surface area contributed by atoms with Crippen molar-refractivity contribution in [2.75, 3.05) is 44.0 Å². The summed E-state index contributed by atoms with van der Waals surface area (Å²) in [5, 5.41) is 19.8. The number of carbonyl (C=O) groups is 3. The fourth-order valence-electron chi connectivity index (χ4n) is 5.39. The first-order valence-corrected chi connectivity index (χ1v) is 16.0. The first kappa shape index (κ1) is 35.4. The summed E-state index contributed by atoms with van der Waals surface area (Å²) in [4.78, 5) is 47.5. The maximum absolute atomic E-state index is 14.3. The van der Waals surface area contributed by atoms with Crippen LogP contribution in [-0.4, -0.2) is 94.5 Å². The molecule has 0 aliphatic carbocycles. The van der Waals surface area contributed by atoms with Crippen molar-refractivity contribution in [1.82, 2.24) is 19.9 Å². The van der Waals surface area contributed by atoms with E-state index in [9.17, 15) is 19.5 Å². The number of benzene rings is 1. The lowest BCUT2D eigenvalue weighted by Gasteiger charge is -2.35. The monoisotopic (exact) mass is 650 g/mol. The van der Waals surface area contributed by atoms with Gasteiger partial charge in [-0.1, -0.05) is 12.1 Å². The van der Waals surface area contributed by atoms with Gasteiger partial charge in [0.05, 0.1) is 30.4 Å². The van der Waals surface area contributed by atoms with E-state index in [0.29, 0.717) is 40.7 Å². The van der Waals surface area contributed by atoms with Crippen LogP contribution >= 0.6 is 0 Å². The molecule has 47 heavy (non-hydrogen) atoms. The highest BCUT2D eigenvalue weighted by Gasteiger charge is 2.31. The first-order chi connectivity index (χ1) is 22.5. The number of nitrogens with zero attached hydrogens (tertiary/aromatic N) is 4. The predicted octanol–water partition coefficient (Wildman–Crippen LogP) is 4.90. The van der Waals surface area contributed by atoms with E-state index in [-0.39, 0.29) is 55.1 Å². The molecule has 0 fully saturated rings. The van der Waals surface area contributed by atoms with Crippen LogP contribution in [-0.2, 0) is 4.74 Å². The van der Waals surface area contributed by atoms with Crippen LogP contribution in [0.4, 0.5) is 16.2 Å². The quantitative estimate of drug-likeness (QED) is 0.323. The van der Waals surface area contributed by atoms with Gasteiger partial charge in [-0.25, -0.2) is 4.79 Å². The van der Waals surface area contributed by atoms with Crippen LogP contribution in [0, 0.1) is 19.8 Å². The van der Waals surface area contributed by atoms with Crippen LogP contribution in [0.25, 0.3) is 0 Å². The normalized spacial score (nSPS) is 19.9. The largest absolute Gasteiger partial charge is 0.490 e. The molecule has 1 aromatic carbocycles. The molecule has 0 saturated heterocycles. The Bertz CT molecular complexity index is 1490. The number of nitrogens with one attached hydrogen (secondary N) is 2. The summed E-state index contributed by atoms with van der Waals surface area (Å²) in [5.41, 5.74) is 2.23. The molecule has 1 aliphatic heterocycles. The number of aryl methyl sites for hydroxylation is 2. The van der Waals surface area contributed by atoms with Crippen molar-refractivity contribution in [2.24, 2.45) is 5.92 Å². The molecule has 0 radical (unpaired) electrons. The van der Waals surface area contributed by atoms with Gasteiger partial charge in [-0.15, -0.1) is 0 Å². The molecule has 0 spiro atoms. The topological polar surface area (TPSA) is 159 Å². The Morgan fingerprint density at radius 3 is 2.55 bits per heavy atom. The number of fused-ring (bicyclic) bond motifs is 1. The van der Waals surface area contributed by atoms with Crippen molar-refractivity contribution in [1.29, 1.82) is 0 Å². The van der Waals surface area contributed by atoms with Gasteiger partial charge in [0.2, 0.25) is 0 Å². The second kappa shape index (κ2) is 16.4. The van der Waals surface area contributed by atoms with Gasteiger partial charge in [-0.2, -0.15) is 0 Å². The Morgan fingerprint density at radius 1 is 1.13 bits per heavy atom. The number of aliphatic hydroxyl groups is 1. The zero-order valence-corrected chi connectivity index (χ0v) is 28.0. The van der Waals surface area contributed by atoms with Crippen molar-refractivity contribution in [2.45, 2.75) is 72.1 Å². The molecule has 2 aromatic heterocycles.